The number of carbonyl (C=O) groups is 1. The van der Waals surface area contributed by atoms with Crippen molar-refractivity contribution in [1.29, 1.82) is 5.26 Å². The number of piperidine rings is 1. The van der Waals surface area contributed by atoms with Gasteiger partial charge in [-0.2, -0.15) is 5.26 Å². The molecule has 0 aliphatic carbocycles. The number of nitrogens with one attached hydrogen (secondary N) is 1. The fraction of sp³-hybridized carbons (Fsp3) is 0.394. The molecule has 0 saturated carbocycles. The molecule has 0 aromatic heterocycles. The summed E-state index contributed by atoms with van der Waals surface area (Å²) in [4.78, 5) is 16.3. The van der Waals surface area contributed by atoms with Crippen LogP contribution in [0, 0.1) is 29.9 Å². The number of aryl methyl sites for hydroxylation is 1. The van der Waals surface area contributed by atoms with Crippen LogP contribution in [0.15, 0.2) is 60.7 Å². The minimum atomic E-state index is -3.38. The monoisotopic (exact) mass is 674 g/mol. The van der Waals surface area contributed by atoms with Crippen LogP contribution in [0.2, 0.25) is 10.0 Å². The number of halogens is 4. The maximum absolute atomic E-state index is 16.0. The van der Waals surface area contributed by atoms with Crippen LogP contribution in [-0.4, -0.2) is 61.0 Å². The van der Waals surface area contributed by atoms with Gasteiger partial charge in [0.25, 0.3) is 0 Å². The van der Waals surface area contributed by atoms with Crippen molar-refractivity contribution >= 4 is 39.1 Å². The molecule has 1 amide bonds. The number of benzene rings is 3. The maximum Gasteiger partial charge on any atom is 0.238 e. The number of rotatable bonds is 7. The van der Waals surface area contributed by atoms with E-state index in [9.17, 15) is 18.5 Å². The summed E-state index contributed by atoms with van der Waals surface area (Å²) in [6, 6.07) is 16.2. The van der Waals surface area contributed by atoms with E-state index in [1.54, 1.807) is 13.0 Å². The highest BCUT2D eigenvalue weighted by Crippen LogP contribution is 2.54. The molecule has 7 nitrogen and oxygen atoms in total. The van der Waals surface area contributed by atoms with Crippen LogP contribution in [0.5, 0.6) is 0 Å². The van der Waals surface area contributed by atoms with Gasteiger partial charge in [-0.3, -0.25) is 9.69 Å². The van der Waals surface area contributed by atoms with E-state index in [-0.39, 0.29) is 46.8 Å². The van der Waals surface area contributed by atoms with E-state index in [1.165, 1.54) is 28.6 Å². The summed E-state index contributed by atoms with van der Waals surface area (Å²) in [7, 11) is -3.38. The zero-order chi connectivity index (χ0) is 32.7. The molecule has 2 aliphatic rings. The van der Waals surface area contributed by atoms with Crippen LogP contribution < -0.4 is 5.32 Å². The molecule has 0 radical (unpaired) electrons. The summed E-state index contributed by atoms with van der Waals surface area (Å²) in [5.41, 5.74) is 0.120. The van der Waals surface area contributed by atoms with Crippen molar-refractivity contribution in [3.05, 3.63) is 105 Å². The molecule has 3 aromatic carbocycles. The Bertz CT molecular complexity index is 1760. The predicted octanol–water partition coefficient (Wildman–Crippen LogP) is 5.94. The topological polar surface area (TPSA) is 93.5 Å². The molecule has 0 spiro atoms. The highest BCUT2D eigenvalue weighted by molar-refractivity contribution is 7.88. The lowest BCUT2D eigenvalue weighted by Crippen LogP contribution is -2.52. The van der Waals surface area contributed by atoms with Gasteiger partial charge in [-0.25, -0.2) is 21.5 Å². The molecule has 0 bridgehead atoms. The van der Waals surface area contributed by atoms with Crippen LogP contribution in [0.4, 0.5) is 8.78 Å². The Morgan fingerprint density at radius 3 is 2.40 bits per heavy atom. The molecule has 12 heteroatoms. The largest absolute Gasteiger partial charge is 0.352 e. The van der Waals surface area contributed by atoms with Gasteiger partial charge in [0.1, 0.15) is 17.0 Å². The summed E-state index contributed by atoms with van der Waals surface area (Å²) in [6.07, 6.45) is 1.91. The van der Waals surface area contributed by atoms with E-state index >= 15 is 8.78 Å². The summed E-state index contributed by atoms with van der Waals surface area (Å²) in [5.74, 6) is -3.19. The fourth-order valence-electron chi connectivity index (χ4n) is 7.00. The van der Waals surface area contributed by atoms with Crippen molar-refractivity contribution in [3.63, 3.8) is 0 Å². The molecule has 45 heavy (non-hydrogen) atoms. The highest BCUT2D eigenvalue weighted by atomic mass is 35.5. The van der Waals surface area contributed by atoms with E-state index in [0.717, 1.165) is 23.4 Å². The minimum absolute atomic E-state index is 0.00252. The normalized spacial score (nSPS) is 24.8. The Morgan fingerprint density at radius 2 is 1.78 bits per heavy atom. The number of likely N-dealkylation sites (tertiary alicyclic amines) is 1. The van der Waals surface area contributed by atoms with Gasteiger partial charge in [0.2, 0.25) is 15.9 Å². The summed E-state index contributed by atoms with van der Waals surface area (Å²) in [5, 5.41) is 14.1. The highest BCUT2D eigenvalue weighted by Gasteiger charge is 2.63. The van der Waals surface area contributed by atoms with Crippen LogP contribution in [0.1, 0.15) is 47.9 Å². The number of amides is 1. The van der Waals surface area contributed by atoms with Crippen molar-refractivity contribution in [2.45, 2.75) is 62.7 Å². The van der Waals surface area contributed by atoms with Crippen molar-refractivity contribution in [3.8, 4) is 6.07 Å². The van der Waals surface area contributed by atoms with Gasteiger partial charge in [-0.05, 0) is 56.0 Å². The molecule has 3 aromatic rings. The lowest BCUT2D eigenvalue weighted by Gasteiger charge is -2.35. The Morgan fingerprint density at radius 1 is 1.09 bits per heavy atom. The zero-order valence-electron chi connectivity index (χ0n) is 25.1. The Balaban J connectivity index is 1.67. The summed E-state index contributed by atoms with van der Waals surface area (Å²) in [6.45, 7) is 4.38. The lowest BCUT2D eigenvalue weighted by atomic mass is 9.65. The van der Waals surface area contributed by atoms with Gasteiger partial charge in [-0.15, -0.1) is 0 Å². The Labute approximate surface area is 272 Å². The third-order valence-electron chi connectivity index (χ3n) is 9.18. The Kier molecular flexibility index (Phi) is 9.60. The molecule has 4 atom stereocenters. The van der Waals surface area contributed by atoms with E-state index in [1.807, 2.05) is 36.1 Å². The molecule has 2 aliphatic heterocycles. The first-order chi connectivity index (χ1) is 21.3. The van der Waals surface area contributed by atoms with Crippen molar-refractivity contribution in [2.24, 2.45) is 0 Å². The van der Waals surface area contributed by atoms with E-state index in [0.29, 0.717) is 12.8 Å². The molecule has 5 rings (SSSR count). The van der Waals surface area contributed by atoms with Gasteiger partial charge in [0.15, 0.2) is 0 Å². The predicted molar refractivity (Wildman–Crippen MR) is 170 cm³/mol. The standard InChI is InChI=1S/C33H34Cl2F2N4O3S/c1-20-6-4-7-22(16-20)18-41-21(2)33(19-38,26-11-10-23(34)17-28(26)36)29(25-8-5-9-27(35)30(25)37)31(41)32(42)39-24-12-14-40(15-13-24)45(3,43)44/h4-11,16-17,21,24,29,31H,12-15,18H2,1-3H3,(H,39,42). The second kappa shape index (κ2) is 13.0. The van der Waals surface area contributed by atoms with E-state index < -0.39 is 51.0 Å². The molecular weight excluding hydrogens is 641 g/mol. The van der Waals surface area contributed by atoms with Crippen LogP contribution in [-0.2, 0) is 26.8 Å². The second-order valence-electron chi connectivity index (χ2n) is 12.0. The van der Waals surface area contributed by atoms with Gasteiger partial charge in [0, 0.05) is 48.2 Å². The summed E-state index contributed by atoms with van der Waals surface area (Å²) < 4.78 is 57.4. The summed E-state index contributed by atoms with van der Waals surface area (Å²) >= 11 is 12.4. The number of sulfonamides is 1. The van der Waals surface area contributed by atoms with Gasteiger partial charge >= 0.3 is 0 Å². The van der Waals surface area contributed by atoms with Gasteiger partial charge < -0.3 is 5.32 Å². The molecule has 2 fully saturated rings. The lowest BCUT2D eigenvalue weighted by molar-refractivity contribution is -0.127. The molecule has 238 valence electrons. The average Bonchev–Trinajstić information content (AvgIpc) is 3.22. The number of nitriles is 1. The van der Waals surface area contributed by atoms with Crippen molar-refractivity contribution in [1.82, 2.24) is 14.5 Å². The van der Waals surface area contributed by atoms with Crippen LogP contribution >= 0.6 is 23.2 Å². The average molecular weight is 676 g/mol. The third kappa shape index (κ3) is 6.34. The fourth-order valence-corrected chi connectivity index (χ4v) is 8.21. The van der Waals surface area contributed by atoms with Crippen LogP contribution in [0.3, 0.4) is 0 Å². The first kappa shape index (κ1) is 33.3. The van der Waals surface area contributed by atoms with Crippen molar-refractivity contribution < 1.29 is 22.0 Å². The molecule has 4 unspecified atom stereocenters. The molecular formula is C33H34Cl2F2N4O3S. The SMILES string of the molecule is Cc1cccc(CN2C(C(=O)NC3CCN(S(C)(=O)=O)CC3)C(c3cccc(Cl)c3F)C(C#N)(c3ccc(Cl)cc3F)C2C)c1. The molecule has 1 N–H and O–H groups in total. The Hall–Kier alpha value is -3.07. The van der Waals surface area contributed by atoms with E-state index in [4.69, 9.17) is 23.2 Å². The van der Waals surface area contributed by atoms with Crippen molar-refractivity contribution in [2.75, 3.05) is 19.3 Å². The third-order valence-corrected chi connectivity index (χ3v) is 11.0. The molecule has 2 saturated heterocycles. The zero-order valence-corrected chi connectivity index (χ0v) is 27.4. The smallest absolute Gasteiger partial charge is 0.238 e. The quantitative estimate of drug-likeness (QED) is 0.335. The second-order valence-corrected chi connectivity index (χ2v) is 14.8. The number of nitrogens with zero attached hydrogens (tertiary/aromatic N) is 3. The number of carbonyl (C=O) groups excluding carboxylic acids is 1. The first-order valence-corrected chi connectivity index (χ1v) is 17.3. The van der Waals surface area contributed by atoms with E-state index in [2.05, 4.69) is 11.4 Å². The number of hydrogen-bond acceptors (Lipinski definition) is 5. The van der Waals surface area contributed by atoms with Gasteiger partial charge in [0.05, 0.1) is 23.4 Å². The molecule has 2 heterocycles. The van der Waals surface area contributed by atoms with Crippen LogP contribution in [0.25, 0.3) is 0 Å². The first-order valence-electron chi connectivity index (χ1n) is 14.7. The van der Waals surface area contributed by atoms with Gasteiger partial charge in [-0.1, -0.05) is 71.2 Å². The maximum atomic E-state index is 16.0. The number of hydrogen-bond donors (Lipinski definition) is 1. The minimum Gasteiger partial charge on any atom is -0.352 e.